The van der Waals surface area contributed by atoms with Crippen molar-refractivity contribution in [3.05, 3.63) is 29.3 Å². The third-order valence-corrected chi connectivity index (χ3v) is 3.73. The van der Waals surface area contributed by atoms with E-state index in [1.807, 2.05) is 18.8 Å². The molecule has 1 aliphatic rings. The van der Waals surface area contributed by atoms with Gasteiger partial charge in [-0.2, -0.15) is 0 Å². The fraction of sp³-hybridized carbons (Fsp3) is 0.455. The highest BCUT2D eigenvalue weighted by Gasteiger charge is 2.21. The Balaban J connectivity index is 2.27. The van der Waals surface area contributed by atoms with Gasteiger partial charge in [-0.05, 0) is 25.6 Å². The van der Waals surface area contributed by atoms with E-state index in [4.69, 9.17) is 0 Å². The first-order valence-corrected chi connectivity index (χ1v) is 5.68. The standard InChI is InChI=1S/C11H15NS/c1-8-3-4-10-9(6-12-2)7-13-11(10)5-8/h3-5,9,12H,6-7H2,1-2H3. The molecule has 1 nitrogen and oxygen atoms in total. The first-order chi connectivity index (χ1) is 6.31. The van der Waals surface area contributed by atoms with Gasteiger partial charge in [-0.15, -0.1) is 11.8 Å². The van der Waals surface area contributed by atoms with Gasteiger partial charge in [-0.3, -0.25) is 0 Å². The SMILES string of the molecule is CNCC1CSc2cc(C)ccc21. The maximum absolute atomic E-state index is 3.25. The van der Waals surface area contributed by atoms with Crippen LogP contribution in [0.3, 0.4) is 0 Å². The van der Waals surface area contributed by atoms with E-state index in [0.717, 1.165) is 6.54 Å². The summed E-state index contributed by atoms with van der Waals surface area (Å²) in [4.78, 5) is 1.49. The summed E-state index contributed by atoms with van der Waals surface area (Å²) in [5.74, 6) is 1.95. The molecule has 13 heavy (non-hydrogen) atoms. The lowest BCUT2D eigenvalue weighted by Crippen LogP contribution is -2.16. The van der Waals surface area contributed by atoms with Gasteiger partial charge < -0.3 is 5.32 Å². The Bertz CT molecular complexity index is 309. The molecule has 0 radical (unpaired) electrons. The van der Waals surface area contributed by atoms with Gasteiger partial charge in [0.1, 0.15) is 0 Å². The number of hydrogen-bond acceptors (Lipinski definition) is 2. The van der Waals surface area contributed by atoms with Crippen LogP contribution in [0.15, 0.2) is 23.1 Å². The summed E-state index contributed by atoms with van der Waals surface area (Å²) in [7, 11) is 2.02. The second-order valence-electron chi connectivity index (χ2n) is 3.61. The third-order valence-electron chi connectivity index (χ3n) is 2.50. The number of thioether (sulfide) groups is 1. The van der Waals surface area contributed by atoms with Gasteiger partial charge in [0.15, 0.2) is 0 Å². The van der Waals surface area contributed by atoms with Crippen LogP contribution >= 0.6 is 11.8 Å². The van der Waals surface area contributed by atoms with E-state index in [-0.39, 0.29) is 0 Å². The monoisotopic (exact) mass is 193 g/mol. The van der Waals surface area contributed by atoms with Crippen molar-refractivity contribution in [1.82, 2.24) is 5.32 Å². The second kappa shape index (κ2) is 3.72. The Morgan fingerprint density at radius 1 is 1.54 bits per heavy atom. The first-order valence-electron chi connectivity index (χ1n) is 4.69. The van der Waals surface area contributed by atoms with Crippen molar-refractivity contribution in [2.45, 2.75) is 17.7 Å². The minimum Gasteiger partial charge on any atom is -0.319 e. The molecule has 1 aliphatic heterocycles. The second-order valence-corrected chi connectivity index (χ2v) is 4.67. The molecule has 1 heterocycles. The predicted octanol–water partition coefficient (Wildman–Crippen LogP) is 2.40. The van der Waals surface area contributed by atoms with Crippen LogP contribution in [0.2, 0.25) is 0 Å². The Morgan fingerprint density at radius 3 is 3.15 bits per heavy atom. The summed E-state index contributed by atoms with van der Waals surface area (Å²) < 4.78 is 0. The van der Waals surface area contributed by atoms with Crippen molar-refractivity contribution in [1.29, 1.82) is 0 Å². The van der Waals surface area contributed by atoms with Crippen molar-refractivity contribution in [2.24, 2.45) is 0 Å². The number of rotatable bonds is 2. The minimum atomic E-state index is 0.714. The lowest BCUT2D eigenvalue weighted by molar-refractivity contribution is 0.687. The first kappa shape index (κ1) is 9.10. The van der Waals surface area contributed by atoms with E-state index in [0.29, 0.717) is 5.92 Å². The molecule has 0 saturated heterocycles. The van der Waals surface area contributed by atoms with E-state index in [1.165, 1.54) is 21.8 Å². The molecule has 2 rings (SSSR count). The average molecular weight is 193 g/mol. The molecule has 1 unspecified atom stereocenters. The lowest BCUT2D eigenvalue weighted by Gasteiger charge is -2.09. The maximum atomic E-state index is 3.25. The van der Waals surface area contributed by atoms with Crippen LogP contribution in [0.25, 0.3) is 0 Å². The van der Waals surface area contributed by atoms with Gasteiger partial charge in [0, 0.05) is 23.1 Å². The van der Waals surface area contributed by atoms with Crippen LogP contribution in [0.5, 0.6) is 0 Å². The molecular weight excluding hydrogens is 178 g/mol. The van der Waals surface area contributed by atoms with Crippen molar-refractivity contribution in [3.63, 3.8) is 0 Å². The summed E-state index contributed by atoms with van der Waals surface area (Å²) in [6, 6.07) is 6.80. The summed E-state index contributed by atoms with van der Waals surface area (Å²) in [6.45, 7) is 3.26. The van der Waals surface area contributed by atoms with Gasteiger partial charge >= 0.3 is 0 Å². The number of hydrogen-bond donors (Lipinski definition) is 1. The van der Waals surface area contributed by atoms with Gasteiger partial charge in [-0.1, -0.05) is 17.7 Å². The number of aryl methyl sites for hydroxylation is 1. The Hall–Kier alpha value is -0.470. The van der Waals surface area contributed by atoms with E-state index in [1.54, 1.807) is 0 Å². The molecule has 0 saturated carbocycles. The van der Waals surface area contributed by atoms with Crippen LogP contribution in [-0.4, -0.2) is 19.3 Å². The molecular formula is C11H15NS. The summed E-state index contributed by atoms with van der Waals surface area (Å²) in [5.41, 5.74) is 2.90. The zero-order valence-electron chi connectivity index (χ0n) is 8.13. The molecule has 0 amide bonds. The van der Waals surface area contributed by atoms with Crippen LogP contribution in [0.4, 0.5) is 0 Å². The van der Waals surface area contributed by atoms with Gasteiger partial charge in [0.25, 0.3) is 0 Å². The molecule has 0 aliphatic carbocycles. The van der Waals surface area contributed by atoms with E-state index >= 15 is 0 Å². The highest BCUT2D eigenvalue weighted by molar-refractivity contribution is 7.99. The molecule has 1 N–H and O–H groups in total. The number of nitrogens with one attached hydrogen (secondary N) is 1. The van der Waals surface area contributed by atoms with Crippen molar-refractivity contribution < 1.29 is 0 Å². The normalized spacial score (nSPS) is 20.3. The predicted molar refractivity (Wildman–Crippen MR) is 58.6 cm³/mol. The van der Waals surface area contributed by atoms with E-state index in [2.05, 4.69) is 30.4 Å². The quantitative estimate of drug-likeness (QED) is 0.774. The Morgan fingerprint density at radius 2 is 2.38 bits per heavy atom. The zero-order chi connectivity index (χ0) is 9.26. The summed E-state index contributed by atoms with van der Waals surface area (Å²) in [6.07, 6.45) is 0. The smallest absolute Gasteiger partial charge is 0.0110 e. The molecule has 0 fully saturated rings. The number of likely N-dealkylation sites (N-methyl/N-ethyl adjacent to an activating group) is 1. The van der Waals surface area contributed by atoms with E-state index in [9.17, 15) is 0 Å². The fourth-order valence-electron chi connectivity index (χ4n) is 1.80. The molecule has 1 aromatic rings. The van der Waals surface area contributed by atoms with Crippen LogP contribution in [0, 0.1) is 6.92 Å². The fourth-order valence-corrected chi connectivity index (χ4v) is 3.15. The third kappa shape index (κ3) is 1.74. The molecule has 2 heteroatoms. The van der Waals surface area contributed by atoms with Gasteiger partial charge in [-0.25, -0.2) is 0 Å². The Labute approximate surface area is 83.9 Å². The molecule has 70 valence electrons. The van der Waals surface area contributed by atoms with Crippen LogP contribution in [-0.2, 0) is 0 Å². The summed E-state index contributed by atoms with van der Waals surface area (Å²) in [5, 5.41) is 3.25. The largest absolute Gasteiger partial charge is 0.319 e. The molecule has 1 aromatic carbocycles. The molecule has 0 aromatic heterocycles. The highest BCUT2D eigenvalue weighted by atomic mass is 32.2. The van der Waals surface area contributed by atoms with Crippen molar-refractivity contribution in [2.75, 3.05) is 19.3 Å². The van der Waals surface area contributed by atoms with Crippen LogP contribution in [0.1, 0.15) is 17.0 Å². The zero-order valence-corrected chi connectivity index (χ0v) is 8.95. The Kier molecular flexibility index (Phi) is 2.61. The molecule has 1 atom stereocenters. The molecule has 0 spiro atoms. The maximum Gasteiger partial charge on any atom is 0.0110 e. The lowest BCUT2D eigenvalue weighted by atomic mass is 10.0. The van der Waals surface area contributed by atoms with Crippen LogP contribution < -0.4 is 5.32 Å². The highest BCUT2D eigenvalue weighted by Crippen LogP contribution is 2.39. The van der Waals surface area contributed by atoms with E-state index < -0.39 is 0 Å². The topological polar surface area (TPSA) is 12.0 Å². The number of fused-ring (bicyclic) bond motifs is 1. The van der Waals surface area contributed by atoms with Crippen molar-refractivity contribution in [3.8, 4) is 0 Å². The van der Waals surface area contributed by atoms with Gasteiger partial charge in [0.2, 0.25) is 0 Å². The minimum absolute atomic E-state index is 0.714. The molecule has 0 bridgehead atoms. The number of benzene rings is 1. The summed E-state index contributed by atoms with van der Waals surface area (Å²) >= 11 is 1.99. The average Bonchev–Trinajstić information content (AvgIpc) is 2.49. The van der Waals surface area contributed by atoms with Gasteiger partial charge in [0.05, 0.1) is 0 Å². The van der Waals surface area contributed by atoms with Crippen molar-refractivity contribution >= 4 is 11.8 Å².